The van der Waals surface area contributed by atoms with Gasteiger partial charge in [-0.1, -0.05) is 30.3 Å². The van der Waals surface area contributed by atoms with Crippen molar-refractivity contribution in [1.29, 1.82) is 0 Å². The lowest BCUT2D eigenvalue weighted by atomic mass is 10.0. The SMILES string of the molecule is CCN(CCCNC(=O)c1cc(-c2cccnc2)nc2ccccc12)c1cccc(C)c1. The maximum absolute atomic E-state index is 13.1. The number of carbonyl (C=O) groups is 1. The third kappa shape index (κ3) is 4.94. The van der Waals surface area contributed by atoms with Crippen molar-refractivity contribution in [3.8, 4) is 11.3 Å². The van der Waals surface area contributed by atoms with E-state index in [1.54, 1.807) is 12.4 Å². The summed E-state index contributed by atoms with van der Waals surface area (Å²) in [7, 11) is 0. The first kappa shape index (κ1) is 21.5. The number of nitrogens with one attached hydrogen (secondary N) is 1. The van der Waals surface area contributed by atoms with Crippen molar-refractivity contribution in [2.75, 3.05) is 24.5 Å². The van der Waals surface area contributed by atoms with E-state index in [1.807, 2.05) is 42.5 Å². The lowest BCUT2D eigenvalue weighted by molar-refractivity contribution is 0.0955. The second-order valence-electron chi connectivity index (χ2n) is 7.84. The molecule has 4 aromatic rings. The van der Waals surface area contributed by atoms with E-state index in [2.05, 4.69) is 53.3 Å². The summed E-state index contributed by atoms with van der Waals surface area (Å²) in [4.78, 5) is 24.4. The molecule has 0 atom stereocenters. The number of aromatic nitrogens is 2. The number of aryl methyl sites for hydroxylation is 1. The first-order valence-electron chi connectivity index (χ1n) is 11.1. The number of carbonyl (C=O) groups excluding carboxylic acids is 1. The Kier molecular flexibility index (Phi) is 6.75. The van der Waals surface area contributed by atoms with Gasteiger partial charge in [0.05, 0.1) is 16.8 Å². The molecule has 0 spiro atoms. The van der Waals surface area contributed by atoms with Crippen molar-refractivity contribution < 1.29 is 4.79 Å². The van der Waals surface area contributed by atoms with E-state index in [9.17, 15) is 4.79 Å². The average molecular weight is 425 g/mol. The molecule has 2 aromatic heterocycles. The number of pyridine rings is 2. The topological polar surface area (TPSA) is 58.1 Å². The van der Waals surface area contributed by atoms with Crippen LogP contribution in [-0.4, -0.2) is 35.5 Å². The fourth-order valence-corrected chi connectivity index (χ4v) is 3.89. The minimum Gasteiger partial charge on any atom is -0.372 e. The molecule has 2 aromatic carbocycles. The van der Waals surface area contributed by atoms with Crippen LogP contribution in [0.2, 0.25) is 0 Å². The number of anilines is 1. The van der Waals surface area contributed by atoms with E-state index in [4.69, 9.17) is 4.98 Å². The molecule has 0 aliphatic heterocycles. The highest BCUT2D eigenvalue weighted by Crippen LogP contribution is 2.24. The van der Waals surface area contributed by atoms with Gasteiger partial charge in [0.15, 0.2) is 0 Å². The number of hydrogen-bond donors (Lipinski definition) is 1. The Balaban J connectivity index is 1.46. The summed E-state index contributed by atoms with van der Waals surface area (Å²) in [6.07, 6.45) is 4.37. The van der Waals surface area contributed by atoms with Gasteiger partial charge in [0.25, 0.3) is 5.91 Å². The van der Waals surface area contributed by atoms with Gasteiger partial charge >= 0.3 is 0 Å². The monoisotopic (exact) mass is 424 g/mol. The van der Waals surface area contributed by atoms with Crippen LogP contribution in [0.15, 0.2) is 79.1 Å². The summed E-state index contributed by atoms with van der Waals surface area (Å²) in [6.45, 7) is 6.69. The largest absolute Gasteiger partial charge is 0.372 e. The molecule has 0 saturated carbocycles. The first-order valence-corrected chi connectivity index (χ1v) is 11.1. The third-order valence-electron chi connectivity index (χ3n) is 5.56. The standard InChI is InChI=1S/C27H28N4O/c1-3-31(22-11-6-9-20(2)17-22)16-8-15-29-27(32)24-18-26(21-10-7-14-28-19-21)30-25-13-5-4-12-23(24)25/h4-7,9-14,17-19H,3,8,15-16H2,1-2H3,(H,29,32). The summed E-state index contributed by atoms with van der Waals surface area (Å²) >= 11 is 0. The smallest absolute Gasteiger partial charge is 0.252 e. The quantitative estimate of drug-likeness (QED) is 0.393. The van der Waals surface area contributed by atoms with Gasteiger partial charge in [-0.15, -0.1) is 0 Å². The molecule has 32 heavy (non-hydrogen) atoms. The van der Waals surface area contributed by atoms with Crippen LogP contribution in [0, 0.1) is 6.92 Å². The zero-order valence-electron chi connectivity index (χ0n) is 18.6. The minimum absolute atomic E-state index is 0.0765. The maximum atomic E-state index is 13.1. The van der Waals surface area contributed by atoms with E-state index < -0.39 is 0 Å². The van der Waals surface area contributed by atoms with Gasteiger partial charge < -0.3 is 10.2 Å². The van der Waals surface area contributed by atoms with Crippen LogP contribution in [0.4, 0.5) is 5.69 Å². The molecule has 0 aliphatic rings. The lowest BCUT2D eigenvalue weighted by Crippen LogP contribution is -2.30. The number of hydrogen-bond acceptors (Lipinski definition) is 4. The molecule has 0 radical (unpaired) electrons. The zero-order chi connectivity index (χ0) is 22.3. The number of fused-ring (bicyclic) bond motifs is 1. The van der Waals surface area contributed by atoms with Crippen LogP contribution >= 0.6 is 0 Å². The van der Waals surface area contributed by atoms with Crippen molar-refractivity contribution in [1.82, 2.24) is 15.3 Å². The molecule has 4 rings (SSSR count). The molecule has 0 unspecified atom stereocenters. The summed E-state index contributed by atoms with van der Waals surface area (Å²) in [5.74, 6) is -0.0765. The Labute approximate surface area is 189 Å². The van der Waals surface area contributed by atoms with Crippen molar-refractivity contribution >= 4 is 22.5 Å². The molecule has 5 heteroatoms. The molecule has 162 valence electrons. The highest BCUT2D eigenvalue weighted by molar-refractivity contribution is 6.07. The fourth-order valence-electron chi connectivity index (χ4n) is 3.89. The third-order valence-corrected chi connectivity index (χ3v) is 5.56. The van der Waals surface area contributed by atoms with E-state index >= 15 is 0 Å². The van der Waals surface area contributed by atoms with Crippen LogP contribution in [0.25, 0.3) is 22.2 Å². The van der Waals surface area contributed by atoms with Crippen LogP contribution in [0.1, 0.15) is 29.3 Å². The fraction of sp³-hybridized carbons (Fsp3) is 0.222. The van der Waals surface area contributed by atoms with Gasteiger partial charge in [0, 0.05) is 48.7 Å². The van der Waals surface area contributed by atoms with E-state index in [1.165, 1.54) is 11.3 Å². The molecular formula is C27H28N4O. The number of amides is 1. The average Bonchev–Trinajstić information content (AvgIpc) is 2.83. The Bertz CT molecular complexity index is 1210. The lowest BCUT2D eigenvalue weighted by Gasteiger charge is -2.23. The van der Waals surface area contributed by atoms with Crippen LogP contribution in [0.3, 0.4) is 0 Å². The number of rotatable bonds is 8. The Morgan fingerprint density at radius 1 is 1.03 bits per heavy atom. The molecule has 2 heterocycles. The molecule has 0 aliphatic carbocycles. The van der Waals surface area contributed by atoms with Gasteiger partial charge in [-0.25, -0.2) is 4.98 Å². The second-order valence-corrected chi connectivity index (χ2v) is 7.84. The normalized spacial score (nSPS) is 10.8. The van der Waals surface area contributed by atoms with Crippen molar-refractivity contribution in [2.45, 2.75) is 20.3 Å². The Morgan fingerprint density at radius 3 is 2.69 bits per heavy atom. The summed E-state index contributed by atoms with van der Waals surface area (Å²) in [6, 6.07) is 22.0. The molecular weight excluding hydrogens is 396 g/mol. The van der Waals surface area contributed by atoms with Crippen LogP contribution in [0.5, 0.6) is 0 Å². The van der Waals surface area contributed by atoms with Crippen molar-refractivity contribution in [2.24, 2.45) is 0 Å². The second kappa shape index (κ2) is 10.1. The number of para-hydroxylation sites is 1. The molecule has 0 bridgehead atoms. The van der Waals surface area contributed by atoms with Gasteiger partial charge in [-0.05, 0) is 62.2 Å². The van der Waals surface area contributed by atoms with Crippen molar-refractivity contribution in [3.63, 3.8) is 0 Å². The summed E-state index contributed by atoms with van der Waals surface area (Å²) < 4.78 is 0. The van der Waals surface area contributed by atoms with Crippen LogP contribution in [-0.2, 0) is 0 Å². The highest BCUT2D eigenvalue weighted by atomic mass is 16.1. The number of nitrogens with zero attached hydrogens (tertiary/aromatic N) is 3. The Morgan fingerprint density at radius 2 is 1.91 bits per heavy atom. The maximum Gasteiger partial charge on any atom is 0.252 e. The zero-order valence-corrected chi connectivity index (χ0v) is 18.6. The molecule has 5 nitrogen and oxygen atoms in total. The van der Waals surface area contributed by atoms with Crippen LogP contribution < -0.4 is 10.2 Å². The molecule has 1 amide bonds. The van der Waals surface area contributed by atoms with Gasteiger partial charge in [-0.3, -0.25) is 9.78 Å². The van der Waals surface area contributed by atoms with Gasteiger partial charge in [-0.2, -0.15) is 0 Å². The first-order chi connectivity index (χ1) is 15.7. The van der Waals surface area contributed by atoms with E-state index in [0.717, 1.165) is 41.7 Å². The van der Waals surface area contributed by atoms with E-state index in [0.29, 0.717) is 12.1 Å². The number of benzene rings is 2. The minimum atomic E-state index is -0.0765. The highest BCUT2D eigenvalue weighted by Gasteiger charge is 2.14. The van der Waals surface area contributed by atoms with Gasteiger partial charge in [0.2, 0.25) is 0 Å². The van der Waals surface area contributed by atoms with E-state index in [-0.39, 0.29) is 5.91 Å². The summed E-state index contributed by atoms with van der Waals surface area (Å²) in [5.41, 5.74) is 5.56. The van der Waals surface area contributed by atoms with Gasteiger partial charge in [0.1, 0.15) is 0 Å². The Hall–Kier alpha value is -3.73. The molecule has 1 N–H and O–H groups in total. The van der Waals surface area contributed by atoms with Crippen molar-refractivity contribution in [3.05, 3.63) is 90.3 Å². The summed E-state index contributed by atoms with van der Waals surface area (Å²) in [5, 5.41) is 3.96. The molecule has 0 fully saturated rings. The molecule has 0 saturated heterocycles. The predicted octanol–water partition coefficient (Wildman–Crippen LogP) is 5.25. The predicted molar refractivity (Wildman–Crippen MR) is 131 cm³/mol.